The van der Waals surface area contributed by atoms with Gasteiger partial charge in [0.1, 0.15) is 0 Å². The largest absolute Gasteiger partial charge is 0.396 e. The van der Waals surface area contributed by atoms with E-state index in [1.165, 1.54) is 12.2 Å². The van der Waals surface area contributed by atoms with Crippen LogP contribution in [-0.2, 0) is 9.59 Å². The molecule has 0 unspecified atom stereocenters. The minimum Gasteiger partial charge on any atom is -0.396 e. The highest BCUT2D eigenvalue weighted by Gasteiger charge is 2.28. The fourth-order valence-corrected chi connectivity index (χ4v) is 3.26. The van der Waals surface area contributed by atoms with Crippen LogP contribution in [0.5, 0.6) is 0 Å². The normalized spacial score (nSPS) is 20.0. The van der Waals surface area contributed by atoms with E-state index >= 15 is 0 Å². The molecule has 0 heterocycles. The first-order valence-corrected chi connectivity index (χ1v) is 10.5. The third-order valence-corrected chi connectivity index (χ3v) is 4.91. The Labute approximate surface area is 171 Å². The Morgan fingerprint density at radius 3 is 1.55 bits per heavy atom. The molecule has 8 heteroatoms. The first kappa shape index (κ1) is 25.2. The summed E-state index contributed by atoms with van der Waals surface area (Å²) in [5.41, 5.74) is 0. The predicted octanol–water partition coefficient (Wildman–Crippen LogP) is 2.95. The zero-order chi connectivity index (χ0) is 21.5. The Morgan fingerprint density at radius 2 is 1.17 bits per heavy atom. The topological polar surface area (TPSA) is 98.7 Å². The summed E-state index contributed by atoms with van der Waals surface area (Å²) in [6.07, 6.45) is 9.29. The molecule has 0 saturated heterocycles. The summed E-state index contributed by atoms with van der Waals surface area (Å²) >= 11 is 0. The second-order valence-electron chi connectivity index (χ2n) is 7.40. The van der Waals surface area contributed by atoms with E-state index < -0.39 is 23.5 Å². The van der Waals surface area contributed by atoms with Crippen LogP contribution in [0.4, 0.5) is 8.78 Å². The number of aliphatic hydroxyl groups excluding tert-OH is 2. The van der Waals surface area contributed by atoms with Crippen molar-refractivity contribution in [1.82, 2.24) is 10.6 Å². The highest BCUT2D eigenvalue weighted by atomic mass is 19.1. The molecular formula is C21H34F2N2O4. The summed E-state index contributed by atoms with van der Waals surface area (Å²) in [7, 11) is 0. The third kappa shape index (κ3) is 11.1. The summed E-state index contributed by atoms with van der Waals surface area (Å²) in [6, 6.07) is -0.515. The van der Waals surface area contributed by atoms with Gasteiger partial charge in [-0.15, -0.1) is 0 Å². The summed E-state index contributed by atoms with van der Waals surface area (Å²) in [5, 5.41) is 22.6. The van der Waals surface area contributed by atoms with Crippen molar-refractivity contribution in [1.29, 1.82) is 0 Å². The molecule has 6 nitrogen and oxygen atoms in total. The summed E-state index contributed by atoms with van der Waals surface area (Å²) in [5.74, 6) is -3.18. The van der Waals surface area contributed by atoms with Gasteiger partial charge in [-0.2, -0.15) is 0 Å². The van der Waals surface area contributed by atoms with Crippen molar-refractivity contribution >= 4 is 11.8 Å². The van der Waals surface area contributed by atoms with Crippen molar-refractivity contribution in [3.05, 3.63) is 23.8 Å². The van der Waals surface area contributed by atoms with E-state index in [1.54, 1.807) is 0 Å². The molecule has 0 radical (unpaired) electrons. The van der Waals surface area contributed by atoms with E-state index in [9.17, 15) is 18.4 Å². The molecule has 0 aromatic carbocycles. The van der Waals surface area contributed by atoms with Crippen molar-refractivity contribution < 1.29 is 28.6 Å². The van der Waals surface area contributed by atoms with Crippen LogP contribution in [-0.4, -0.2) is 47.3 Å². The van der Waals surface area contributed by atoms with Gasteiger partial charge in [0.25, 0.3) is 11.8 Å². The number of allylic oxidation sites excluding steroid dienone is 2. The maximum Gasteiger partial charge on any atom is 0.279 e. The van der Waals surface area contributed by atoms with Crippen molar-refractivity contribution in [3.63, 3.8) is 0 Å². The molecule has 0 spiro atoms. The Morgan fingerprint density at radius 1 is 0.759 bits per heavy atom. The van der Waals surface area contributed by atoms with Crippen molar-refractivity contribution in [2.75, 3.05) is 13.2 Å². The number of carbonyl (C=O) groups excluding carboxylic acids is 2. The zero-order valence-corrected chi connectivity index (χ0v) is 17.0. The van der Waals surface area contributed by atoms with E-state index in [1.807, 2.05) is 0 Å². The van der Waals surface area contributed by atoms with E-state index in [4.69, 9.17) is 10.2 Å². The van der Waals surface area contributed by atoms with Gasteiger partial charge in [-0.1, -0.05) is 12.8 Å². The van der Waals surface area contributed by atoms with Crippen molar-refractivity contribution in [2.24, 2.45) is 0 Å². The molecule has 166 valence electrons. The number of hydrogen-bond acceptors (Lipinski definition) is 4. The SMILES string of the molecule is O=C(N[C@@H]1CC[C@H](NC(=O)/C(F)=C/CCCCCO)C1)/C(F)=C/CCCCCO. The smallest absolute Gasteiger partial charge is 0.279 e. The molecule has 1 rings (SSSR count). The second kappa shape index (κ2) is 15.1. The lowest BCUT2D eigenvalue weighted by atomic mass is 10.2. The Hall–Kier alpha value is -1.80. The van der Waals surface area contributed by atoms with Gasteiger partial charge in [0.15, 0.2) is 11.7 Å². The van der Waals surface area contributed by atoms with Crippen LogP contribution in [0.1, 0.15) is 70.6 Å². The van der Waals surface area contributed by atoms with Crippen LogP contribution in [0, 0.1) is 0 Å². The van der Waals surface area contributed by atoms with Gasteiger partial charge in [0.05, 0.1) is 0 Å². The predicted molar refractivity (Wildman–Crippen MR) is 107 cm³/mol. The molecule has 2 atom stereocenters. The number of rotatable bonds is 14. The highest BCUT2D eigenvalue weighted by molar-refractivity contribution is 5.92. The third-order valence-electron chi connectivity index (χ3n) is 4.91. The van der Waals surface area contributed by atoms with Gasteiger partial charge in [0.2, 0.25) is 0 Å². The van der Waals surface area contributed by atoms with Gasteiger partial charge < -0.3 is 20.8 Å². The lowest BCUT2D eigenvalue weighted by molar-refractivity contribution is -0.119. The average molecular weight is 417 g/mol. The molecule has 0 aromatic heterocycles. The maximum absolute atomic E-state index is 13.8. The Bertz CT molecular complexity index is 519. The number of amides is 2. The molecule has 29 heavy (non-hydrogen) atoms. The lowest BCUT2D eigenvalue weighted by Gasteiger charge is -2.14. The van der Waals surface area contributed by atoms with Crippen LogP contribution < -0.4 is 10.6 Å². The number of unbranched alkanes of at least 4 members (excludes halogenated alkanes) is 6. The van der Waals surface area contributed by atoms with Crippen LogP contribution in [0.15, 0.2) is 23.8 Å². The van der Waals surface area contributed by atoms with Crippen molar-refractivity contribution in [3.8, 4) is 0 Å². The summed E-state index contributed by atoms with van der Waals surface area (Å²) in [4.78, 5) is 23.8. The molecule has 0 aromatic rings. The number of hydrogen-bond donors (Lipinski definition) is 4. The second-order valence-corrected chi connectivity index (χ2v) is 7.40. The molecule has 4 N–H and O–H groups in total. The molecule has 1 aliphatic carbocycles. The molecule has 0 bridgehead atoms. The van der Waals surface area contributed by atoms with E-state index in [0.29, 0.717) is 57.8 Å². The Balaban J connectivity index is 2.30. The minimum absolute atomic E-state index is 0.108. The standard InChI is InChI=1S/C21H34F2N2O4/c22-18(9-5-1-3-7-13-26)20(28)24-16-11-12-17(15-16)25-21(29)19(23)10-6-2-4-8-14-27/h9-10,16-17,26-27H,1-8,11-15H2,(H,24,28)(H,25,29)/b18-9-,19-10-/t16-,17+. The van der Waals surface area contributed by atoms with Gasteiger partial charge in [-0.05, 0) is 69.9 Å². The van der Waals surface area contributed by atoms with E-state index in [-0.39, 0.29) is 25.3 Å². The fourth-order valence-electron chi connectivity index (χ4n) is 3.26. The van der Waals surface area contributed by atoms with E-state index in [0.717, 1.165) is 12.8 Å². The molecule has 0 aliphatic heterocycles. The van der Waals surface area contributed by atoms with Gasteiger partial charge in [0, 0.05) is 25.3 Å². The Kier molecular flexibility index (Phi) is 13.1. The van der Waals surface area contributed by atoms with Gasteiger partial charge in [-0.3, -0.25) is 9.59 Å². The maximum atomic E-state index is 13.8. The summed E-state index contributed by atoms with van der Waals surface area (Å²) in [6.45, 7) is 0.215. The molecular weight excluding hydrogens is 382 g/mol. The molecule has 1 saturated carbocycles. The summed E-state index contributed by atoms with van der Waals surface area (Å²) < 4.78 is 27.7. The first-order chi connectivity index (χ1) is 14.0. The zero-order valence-electron chi connectivity index (χ0n) is 17.0. The van der Waals surface area contributed by atoms with Gasteiger partial charge >= 0.3 is 0 Å². The molecule has 1 fully saturated rings. The average Bonchev–Trinajstić information content (AvgIpc) is 3.13. The first-order valence-electron chi connectivity index (χ1n) is 10.5. The van der Waals surface area contributed by atoms with Crippen LogP contribution in [0.2, 0.25) is 0 Å². The number of aliphatic hydroxyl groups is 2. The van der Waals surface area contributed by atoms with Crippen molar-refractivity contribution in [2.45, 2.75) is 82.7 Å². The van der Waals surface area contributed by atoms with Crippen LogP contribution in [0.3, 0.4) is 0 Å². The van der Waals surface area contributed by atoms with Crippen LogP contribution in [0.25, 0.3) is 0 Å². The number of halogens is 2. The van der Waals surface area contributed by atoms with Gasteiger partial charge in [-0.25, -0.2) is 8.78 Å². The fraction of sp³-hybridized carbons (Fsp3) is 0.714. The van der Waals surface area contributed by atoms with E-state index in [2.05, 4.69) is 10.6 Å². The molecule has 2 amide bonds. The highest BCUT2D eigenvalue weighted by Crippen LogP contribution is 2.20. The van der Waals surface area contributed by atoms with Crippen LogP contribution >= 0.6 is 0 Å². The number of nitrogens with one attached hydrogen (secondary N) is 2. The lowest BCUT2D eigenvalue weighted by Crippen LogP contribution is -2.37. The quantitative estimate of drug-likeness (QED) is 0.258. The molecule has 1 aliphatic rings. The monoisotopic (exact) mass is 416 g/mol. The number of carbonyl (C=O) groups is 2. The minimum atomic E-state index is -0.823.